The molecule has 0 aliphatic heterocycles. The number of methoxy groups -OCH3 is 1. The van der Waals surface area contributed by atoms with Crippen molar-refractivity contribution < 1.29 is 33.6 Å². The van der Waals surface area contributed by atoms with Gasteiger partial charge in [0.15, 0.2) is 0 Å². The first-order chi connectivity index (χ1) is 18.8. The predicted octanol–water partition coefficient (Wildman–Crippen LogP) is 3.63. The number of rotatable bonds is 7. The molecule has 0 fully saturated rings. The molecule has 39 heavy (non-hydrogen) atoms. The van der Waals surface area contributed by atoms with E-state index in [2.05, 4.69) is 15.8 Å². The third kappa shape index (κ3) is 6.33. The number of nitrogens with one attached hydrogen (secondary N) is 2. The predicted molar refractivity (Wildman–Crippen MR) is 141 cm³/mol. The number of carbonyl (C=O) groups excluding carboxylic acids is 4. The van der Waals surface area contributed by atoms with Gasteiger partial charge in [-0.2, -0.15) is 5.10 Å². The van der Waals surface area contributed by atoms with Crippen molar-refractivity contribution in [2.45, 2.75) is 25.7 Å². The summed E-state index contributed by atoms with van der Waals surface area (Å²) < 4.78 is 10.2. The van der Waals surface area contributed by atoms with E-state index in [0.29, 0.717) is 12.0 Å². The standard InChI is InChI=1S/C26H22N4O8S/c1-37-26(34)21-18-7-3-5-9-20(18)39-24(21)28-22(31)23(32)29-27-14-16-6-2-4-8-19(16)38-25(33)15-10-12-17(13-11-15)30(35)36/h2,4,6,8,10-14H,3,5,7,9H2,1H3,(H,28,31)(H,29,32)/b27-14+. The van der Waals surface area contributed by atoms with Gasteiger partial charge < -0.3 is 14.8 Å². The average Bonchev–Trinajstić information content (AvgIpc) is 3.31. The second-order valence-electron chi connectivity index (χ2n) is 8.29. The molecule has 0 radical (unpaired) electrons. The third-order valence-corrected chi connectivity index (χ3v) is 7.01. The number of hydrogen-bond acceptors (Lipinski definition) is 10. The molecule has 13 heteroatoms. The molecular weight excluding hydrogens is 528 g/mol. The Labute approximate surface area is 225 Å². The highest BCUT2D eigenvalue weighted by atomic mass is 32.1. The van der Waals surface area contributed by atoms with E-state index >= 15 is 0 Å². The molecule has 1 aliphatic rings. The number of hydrogen-bond donors (Lipinski definition) is 2. The molecule has 1 heterocycles. The summed E-state index contributed by atoms with van der Waals surface area (Å²) in [6, 6.07) is 11.2. The number of aryl methyl sites for hydroxylation is 1. The van der Waals surface area contributed by atoms with Crippen LogP contribution in [-0.4, -0.2) is 42.0 Å². The summed E-state index contributed by atoms with van der Waals surface area (Å²) in [5.41, 5.74) is 3.46. The highest BCUT2D eigenvalue weighted by molar-refractivity contribution is 7.17. The lowest BCUT2D eigenvalue weighted by molar-refractivity contribution is -0.384. The van der Waals surface area contributed by atoms with E-state index in [1.54, 1.807) is 18.2 Å². The van der Waals surface area contributed by atoms with E-state index in [4.69, 9.17) is 9.47 Å². The van der Waals surface area contributed by atoms with E-state index in [0.717, 1.165) is 29.7 Å². The van der Waals surface area contributed by atoms with E-state index in [9.17, 15) is 29.3 Å². The van der Waals surface area contributed by atoms with Gasteiger partial charge in [0.1, 0.15) is 10.8 Å². The zero-order valence-corrected chi connectivity index (χ0v) is 21.4. The quantitative estimate of drug-likeness (QED) is 0.112. The van der Waals surface area contributed by atoms with Gasteiger partial charge in [-0.25, -0.2) is 15.0 Å². The molecule has 2 N–H and O–H groups in total. The normalized spacial score (nSPS) is 12.3. The molecule has 3 aromatic rings. The SMILES string of the molecule is COC(=O)c1c(NC(=O)C(=O)N/N=C/c2ccccc2OC(=O)c2ccc([N+](=O)[O-])cc2)sc2c1CCCC2. The lowest BCUT2D eigenvalue weighted by atomic mass is 9.95. The molecule has 200 valence electrons. The molecule has 0 saturated carbocycles. The number of anilines is 1. The molecule has 12 nitrogen and oxygen atoms in total. The summed E-state index contributed by atoms with van der Waals surface area (Å²) in [5.74, 6) is -3.32. The average molecular weight is 551 g/mol. The first-order valence-corrected chi connectivity index (χ1v) is 12.5. The van der Waals surface area contributed by atoms with Crippen LogP contribution in [0.4, 0.5) is 10.7 Å². The Morgan fingerprint density at radius 2 is 1.72 bits per heavy atom. The van der Waals surface area contributed by atoms with Crippen molar-refractivity contribution in [3.8, 4) is 5.75 Å². The van der Waals surface area contributed by atoms with Crippen LogP contribution >= 0.6 is 11.3 Å². The number of hydrazone groups is 1. The molecule has 0 atom stereocenters. The summed E-state index contributed by atoms with van der Waals surface area (Å²) in [7, 11) is 1.25. The minimum absolute atomic E-state index is 0.0962. The van der Waals surface area contributed by atoms with Gasteiger partial charge >= 0.3 is 23.8 Å². The Balaban J connectivity index is 1.41. The number of benzene rings is 2. The largest absolute Gasteiger partial charge is 0.465 e. The van der Waals surface area contributed by atoms with Gasteiger partial charge in [0, 0.05) is 22.6 Å². The van der Waals surface area contributed by atoms with E-state index < -0.39 is 28.7 Å². The summed E-state index contributed by atoms with van der Waals surface area (Å²) in [6.07, 6.45) is 4.55. The van der Waals surface area contributed by atoms with E-state index in [1.807, 2.05) is 0 Å². The van der Waals surface area contributed by atoms with Crippen LogP contribution in [0.3, 0.4) is 0 Å². The number of ether oxygens (including phenoxy) is 2. The number of esters is 2. The van der Waals surface area contributed by atoms with Crippen molar-refractivity contribution in [2.75, 3.05) is 12.4 Å². The highest BCUT2D eigenvalue weighted by Gasteiger charge is 2.28. The number of para-hydroxylation sites is 1. The lowest BCUT2D eigenvalue weighted by Crippen LogP contribution is -2.32. The summed E-state index contributed by atoms with van der Waals surface area (Å²) in [5, 5.41) is 17.3. The molecule has 1 aliphatic carbocycles. The fourth-order valence-electron chi connectivity index (χ4n) is 3.90. The van der Waals surface area contributed by atoms with Gasteiger partial charge in [0.05, 0.1) is 29.4 Å². The maximum absolute atomic E-state index is 12.5. The first-order valence-electron chi connectivity index (χ1n) is 11.7. The van der Waals surface area contributed by atoms with Gasteiger partial charge in [-0.1, -0.05) is 12.1 Å². The third-order valence-electron chi connectivity index (χ3n) is 5.80. The first kappa shape index (κ1) is 27.1. The molecule has 0 spiro atoms. The van der Waals surface area contributed by atoms with Crippen molar-refractivity contribution in [1.82, 2.24) is 5.43 Å². The van der Waals surface area contributed by atoms with Crippen molar-refractivity contribution >= 4 is 52.0 Å². The van der Waals surface area contributed by atoms with E-state index in [1.165, 1.54) is 55.0 Å². The van der Waals surface area contributed by atoms with Crippen LogP contribution in [0.5, 0.6) is 5.75 Å². The molecule has 1 aromatic heterocycles. The number of fused-ring (bicyclic) bond motifs is 1. The molecular formula is C26H22N4O8S. The highest BCUT2D eigenvalue weighted by Crippen LogP contribution is 2.38. The van der Waals surface area contributed by atoms with Crippen molar-refractivity contribution in [3.63, 3.8) is 0 Å². The molecule has 4 rings (SSSR count). The monoisotopic (exact) mass is 550 g/mol. The number of thiophene rings is 1. The van der Waals surface area contributed by atoms with Crippen LogP contribution in [0.2, 0.25) is 0 Å². The summed E-state index contributed by atoms with van der Waals surface area (Å²) in [4.78, 5) is 60.9. The Morgan fingerprint density at radius 1 is 1.00 bits per heavy atom. The Kier molecular flexibility index (Phi) is 8.41. The maximum Gasteiger partial charge on any atom is 0.343 e. The zero-order chi connectivity index (χ0) is 27.9. The number of non-ortho nitro benzene ring substituents is 1. The number of carbonyl (C=O) groups is 4. The summed E-state index contributed by atoms with van der Waals surface area (Å²) >= 11 is 1.25. The van der Waals surface area contributed by atoms with Crippen molar-refractivity contribution in [3.05, 3.63) is 85.8 Å². The van der Waals surface area contributed by atoms with Crippen molar-refractivity contribution in [1.29, 1.82) is 0 Å². The number of nitrogens with zero attached hydrogens (tertiary/aromatic N) is 2. The van der Waals surface area contributed by atoms with Crippen LogP contribution in [-0.2, 0) is 27.2 Å². The topological polar surface area (TPSA) is 166 Å². The fraction of sp³-hybridized carbons (Fsp3) is 0.192. The Bertz CT molecular complexity index is 1480. The second kappa shape index (κ2) is 12.1. The van der Waals surface area contributed by atoms with E-state index in [-0.39, 0.29) is 27.6 Å². The van der Waals surface area contributed by atoms with Crippen LogP contribution in [0, 0.1) is 10.1 Å². The minimum atomic E-state index is -1.08. The van der Waals surface area contributed by atoms with Gasteiger partial charge in [0.25, 0.3) is 5.69 Å². The second-order valence-corrected chi connectivity index (χ2v) is 9.40. The molecule has 0 unspecified atom stereocenters. The molecule has 2 aromatic carbocycles. The fourth-order valence-corrected chi connectivity index (χ4v) is 5.17. The molecule has 0 bridgehead atoms. The molecule has 0 saturated heterocycles. The van der Waals surface area contributed by atoms with Gasteiger partial charge in [-0.3, -0.25) is 19.7 Å². The van der Waals surface area contributed by atoms with Gasteiger partial charge in [-0.15, -0.1) is 11.3 Å². The minimum Gasteiger partial charge on any atom is -0.465 e. The lowest BCUT2D eigenvalue weighted by Gasteiger charge is -2.11. The smallest absolute Gasteiger partial charge is 0.343 e. The van der Waals surface area contributed by atoms with Crippen LogP contribution in [0.15, 0.2) is 53.6 Å². The molecule has 2 amide bonds. The van der Waals surface area contributed by atoms with Crippen molar-refractivity contribution in [2.24, 2.45) is 5.10 Å². The van der Waals surface area contributed by atoms with Crippen LogP contribution in [0.1, 0.15) is 49.6 Å². The number of nitro groups is 1. The summed E-state index contributed by atoms with van der Waals surface area (Å²) in [6.45, 7) is 0. The maximum atomic E-state index is 12.5. The van der Waals surface area contributed by atoms with Crippen LogP contribution in [0.25, 0.3) is 0 Å². The van der Waals surface area contributed by atoms with Crippen LogP contribution < -0.4 is 15.5 Å². The Hall–Kier alpha value is -4.91. The number of amides is 2. The van der Waals surface area contributed by atoms with Gasteiger partial charge in [0.2, 0.25) is 0 Å². The number of nitro benzene ring substituents is 1. The Morgan fingerprint density at radius 3 is 2.44 bits per heavy atom. The van der Waals surface area contributed by atoms with Gasteiger partial charge in [-0.05, 0) is 55.5 Å². The zero-order valence-electron chi connectivity index (χ0n) is 20.6.